The number of carbonyl (C=O) groups excluding carboxylic acids is 1. The summed E-state index contributed by atoms with van der Waals surface area (Å²) in [6, 6.07) is 11.7. The molecule has 0 radical (unpaired) electrons. The van der Waals surface area contributed by atoms with Crippen LogP contribution in [0.25, 0.3) is 11.3 Å². The molecule has 0 bridgehead atoms. The molecule has 2 aromatic rings. The van der Waals surface area contributed by atoms with E-state index >= 15 is 0 Å². The molecule has 0 spiro atoms. The van der Waals surface area contributed by atoms with Gasteiger partial charge in [0.15, 0.2) is 0 Å². The van der Waals surface area contributed by atoms with Crippen LogP contribution in [0.2, 0.25) is 0 Å². The van der Waals surface area contributed by atoms with Crippen molar-refractivity contribution >= 4 is 5.91 Å². The van der Waals surface area contributed by atoms with Gasteiger partial charge in [0, 0.05) is 25.6 Å². The third-order valence-electron chi connectivity index (χ3n) is 4.59. The lowest BCUT2D eigenvalue weighted by atomic mass is 9.93. The van der Waals surface area contributed by atoms with Crippen LogP contribution >= 0.6 is 0 Å². The summed E-state index contributed by atoms with van der Waals surface area (Å²) < 4.78 is 0. The van der Waals surface area contributed by atoms with E-state index in [9.17, 15) is 9.90 Å². The first kappa shape index (κ1) is 16.6. The summed E-state index contributed by atoms with van der Waals surface area (Å²) >= 11 is 0. The van der Waals surface area contributed by atoms with Gasteiger partial charge >= 0.3 is 0 Å². The molecular formula is C19H23N3O2. The van der Waals surface area contributed by atoms with E-state index < -0.39 is 0 Å². The summed E-state index contributed by atoms with van der Waals surface area (Å²) in [5.74, 6) is 0.616. The molecule has 1 aromatic heterocycles. The second-order valence-corrected chi connectivity index (χ2v) is 6.45. The highest BCUT2D eigenvalue weighted by Gasteiger charge is 2.22. The van der Waals surface area contributed by atoms with Crippen LogP contribution in [0, 0.1) is 5.92 Å². The number of aliphatic hydroxyl groups is 1. The zero-order chi connectivity index (χ0) is 16.9. The first-order valence-electron chi connectivity index (χ1n) is 8.44. The minimum absolute atomic E-state index is 0.0215. The van der Waals surface area contributed by atoms with Crippen LogP contribution in [0.3, 0.4) is 0 Å². The monoisotopic (exact) mass is 325 g/mol. The van der Waals surface area contributed by atoms with E-state index in [1.165, 1.54) is 0 Å². The lowest BCUT2D eigenvalue weighted by molar-refractivity contribution is -0.130. The van der Waals surface area contributed by atoms with Gasteiger partial charge in [0.25, 0.3) is 0 Å². The molecule has 1 saturated heterocycles. The number of nitrogens with zero attached hydrogens (tertiary/aromatic N) is 3. The number of carbonyl (C=O) groups is 1. The second-order valence-electron chi connectivity index (χ2n) is 6.45. The minimum Gasteiger partial charge on any atom is -0.392 e. The summed E-state index contributed by atoms with van der Waals surface area (Å²) in [7, 11) is 0. The fourth-order valence-corrected chi connectivity index (χ4v) is 3.27. The maximum atomic E-state index is 11.5. The molecule has 1 fully saturated rings. The van der Waals surface area contributed by atoms with E-state index in [2.05, 4.69) is 10.2 Å². The Morgan fingerprint density at radius 3 is 2.88 bits per heavy atom. The number of hydrogen-bond acceptors (Lipinski definition) is 4. The molecule has 1 amide bonds. The van der Waals surface area contributed by atoms with Gasteiger partial charge in [-0.3, -0.25) is 4.79 Å². The number of likely N-dealkylation sites (tertiary alicyclic amines) is 1. The molecule has 1 N–H and O–H groups in total. The van der Waals surface area contributed by atoms with Crippen LogP contribution in [0.15, 0.2) is 36.4 Å². The highest BCUT2D eigenvalue weighted by Crippen LogP contribution is 2.22. The van der Waals surface area contributed by atoms with Crippen LogP contribution < -0.4 is 0 Å². The fourth-order valence-electron chi connectivity index (χ4n) is 3.27. The molecule has 1 atom stereocenters. The van der Waals surface area contributed by atoms with Crippen molar-refractivity contribution in [3.05, 3.63) is 47.7 Å². The average molecular weight is 325 g/mol. The smallest absolute Gasteiger partial charge is 0.219 e. The highest BCUT2D eigenvalue weighted by atomic mass is 16.3. The second kappa shape index (κ2) is 7.53. The van der Waals surface area contributed by atoms with Gasteiger partial charge in [-0.15, -0.1) is 0 Å². The van der Waals surface area contributed by atoms with E-state index in [-0.39, 0.29) is 12.5 Å². The normalized spacial score (nSPS) is 17.8. The van der Waals surface area contributed by atoms with Crippen LogP contribution in [-0.4, -0.2) is 39.2 Å². The Bertz CT molecular complexity index is 700. The standard InChI is InChI=1S/C19H23N3O2/c1-14(24)22-9-3-5-15(12-22)11-18-7-8-19(21-20-18)17-6-2-4-16(10-17)13-23/h2,4,6-8,10,15,23H,3,5,9,11-13H2,1H3. The first-order chi connectivity index (χ1) is 11.7. The Labute approximate surface area is 142 Å². The Morgan fingerprint density at radius 2 is 2.17 bits per heavy atom. The molecule has 126 valence electrons. The summed E-state index contributed by atoms with van der Waals surface area (Å²) in [6.45, 7) is 3.35. The molecule has 1 aliphatic rings. The van der Waals surface area contributed by atoms with Crippen molar-refractivity contribution < 1.29 is 9.90 Å². The predicted octanol–water partition coefficient (Wildman–Crippen LogP) is 2.44. The van der Waals surface area contributed by atoms with Gasteiger partial charge < -0.3 is 10.0 Å². The van der Waals surface area contributed by atoms with Gasteiger partial charge in [0.1, 0.15) is 0 Å². The number of benzene rings is 1. The summed E-state index contributed by atoms with van der Waals surface area (Å²) in [6.07, 6.45) is 3.04. The van der Waals surface area contributed by atoms with Crippen molar-refractivity contribution in [1.82, 2.24) is 15.1 Å². The maximum Gasteiger partial charge on any atom is 0.219 e. The van der Waals surface area contributed by atoms with Crippen molar-refractivity contribution in [2.24, 2.45) is 5.92 Å². The average Bonchev–Trinajstić information content (AvgIpc) is 2.62. The third kappa shape index (κ3) is 3.97. The molecular weight excluding hydrogens is 302 g/mol. The molecule has 0 saturated carbocycles. The predicted molar refractivity (Wildman–Crippen MR) is 92.1 cm³/mol. The Kier molecular flexibility index (Phi) is 5.20. The van der Waals surface area contributed by atoms with Crippen molar-refractivity contribution in [3.63, 3.8) is 0 Å². The minimum atomic E-state index is 0.0215. The van der Waals surface area contributed by atoms with E-state index in [0.717, 1.165) is 54.9 Å². The molecule has 0 aliphatic carbocycles. The quantitative estimate of drug-likeness (QED) is 0.937. The molecule has 1 aliphatic heterocycles. The van der Waals surface area contributed by atoms with Gasteiger partial charge in [-0.1, -0.05) is 18.2 Å². The Balaban J connectivity index is 1.67. The van der Waals surface area contributed by atoms with Gasteiger partial charge in [-0.2, -0.15) is 10.2 Å². The molecule has 5 heteroatoms. The van der Waals surface area contributed by atoms with E-state index in [4.69, 9.17) is 0 Å². The first-order valence-corrected chi connectivity index (χ1v) is 8.44. The lowest BCUT2D eigenvalue weighted by Gasteiger charge is -2.31. The zero-order valence-corrected chi connectivity index (χ0v) is 14.0. The number of hydrogen-bond donors (Lipinski definition) is 1. The van der Waals surface area contributed by atoms with E-state index in [1.54, 1.807) is 6.92 Å². The van der Waals surface area contributed by atoms with Gasteiger partial charge in [0.05, 0.1) is 18.0 Å². The number of piperidine rings is 1. The van der Waals surface area contributed by atoms with E-state index in [1.807, 2.05) is 41.3 Å². The van der Waals surface area contributed by atoms with Gasteiger partial charge in [0.2, 0.25) is 5.91 Å². The SMILES string of the molecule is CC(=O)N1CCCC(Cc2ccc(-c3cccc(CO)c3)nn2)C1. The molecule has 1 unspecified atom stereocenters. The van der Waals surface area contributed by atoms with Crippen LogP contribution in [-0.2, 0) is 17.8 Å². The largest absolute Gasteiger partial charge is 0.392 e. The summed E-state index contributed by atoms with van der Waals surface area (Å²) in [4.78, 5) is 13.5. The Morgan fingerprint density at radius 1 is 1.29 bits per heavy atom. The summed E-state index contributed by atoms with van der Waals surface area (Å²) in [5.41, 5.74) is 3.60. The molecule has 2 heterocycles. The van der Waals surface area contributed by atoms with Crippen molar-refractivity contribution in [2.45, 2.75) is 32.8 Å². The zero-order valence-electron chi connectivity index (χ0n) is 14.0. The van der Waals surface area contributed by atoms with Gasteiger partial charge in [-0.25, -0.2) is 0 Å². The molecule has 1 aromatic carbocycles. The summed E-state index contributed by atoms with van der Waals surface area (Å²) in [5, 5.41) is 17.9. The van der Waals surface area contributed by atoms with Crippen molar-refractivity contribution in [1.29, 1.82) is 0 Å². The number of aliphatic hydroxyl groups excluding tert-OH is 1. The van der Waals surface area contributed by atoms with Crippen molar-refractivity contribution in [3.8, 4) is 11.3 Å². The van der Waals surface area contributed by atoms with Crippen LogP contribution in [0.1, 0.15) is 31.0 Å². The number of aromatic nitrogens is 2. The van der Waals surface area contributed by atoms with Gasteiger partial charge in [-0.05, 0) is 48.9 Å². The highest BCUT2D eigenvalue weighted by molar-refractivity contribution is 5.73. The topological polar surface area (TPSA) is 66.3 Å². The molecule has 5 nitrogen and oxygen atoms in total. The fraction of sp³-hybridized carbons (Fsp3) is 0.421. The molecule has 3 rings (SSSR count). The van der Waals surface area contributed by atoms with E-state index in [0.29, 0.717) is 5.92 Å². The lowest BCUT2D eigenvalue weighted by Crippen LogP contribution is -2.39. The maximum absolute atomic E-state index is 11.5. The molecule has 24 heavy (non-hydrogen) atoms. The Hall–Kier alpha value is -2.27. The number of rotatable bonds is 4. The van der Waals surface area contributed by atoms with Crippen LogP contribution in [0.5, 0.6) is 0 Å². The van der Waals surface area contributed by atoms with Crippen LogP contribution in [0.4, 0.5) is 0 Å². The van der Waals surface area contributed by atoms with Crippen molar-refractivity contribution in [2.75, 3.05) is 13.1 Å². The number of amides is 1. The third-order valence-corrected chi connectivity index (χ3v) is 4.59.